The first kappa shape index (κ1) is 18.6. The van der Waals surface area contributed by atoms with Crippen LogP contribution in [0, 0.1) is 0 Å². The summed E-state index contributed by atoms with van der Waals surface area (Å²) in [5, 5.41) is 7.91. The number of nitrogens with one attached hydrogen (secondary N) is 3. The minimum absolute atomic E-state index is 0.0975. The largest absolute Gasteiger partial charge is 0.449 e. The lowest BCUT2D eigenvalue weighted by molar-refractivity contribution is 0.152. The fraction of sp³-hybridized carbons (Fsp3) is 0.308. The van der Waals surface area contributed by atoms with E-state index in [0.29, 0.717) is 18.0 Å². The maximum Gasteiger partial charge on any atom is 0.413 e. The van der Waals surface area contributed by atoms with Gasteiger partial charge in [0.05, 0.1) is 18.0 Å². The highest BCUT2D eigenvalue weighted by atomic mass is 33.1. The molecule has 2 amide bonds. The van der Waals surface area contributed by atoms with Crippen molar-refractivity contribution < 1.29 is 14.3 Å². The van der Waals surface area contributed by atoms with Crippen LogP contribution in [0.1, 0.15) is 13.3 Å². The van der Waals surface area contributed by atoms with Crippen LogP contribution in [0.4, 0.5) is 21.0 Å². The van der Waals surface area contributed by atoms with Crippen LogP contribution < -0.4 is 16.0 Å². The van der Waals surface area contributed by atoms with Gasteiger partial charge >= 0.3 is 6.09 Å². The van der Waals surface area contributed by atoms with E-state index in [1.807, 2.05) is 13.2 Å². The SMILES string of the molecule is CCCOC(=O)NC(=S)Nc1ccccc1NC(=O)SSC. The quantitative estimate of drug-likeness (QED) is 0.540. The van der Waals surface area contributed by atoms with Crippen molar-refractivity contribution in [1.82, 2.24) is 5.32 Å². The average molecular weight is 359 g/mol. The molecule has 120 valence electrons. The average Bonchev–Trinajstić information content (AvgIpc) is 2.47. The first-order chi connectivity index (χ1) is 10.6. The van der Waals surface area contributed by atoms with Gasteiger partial charge in [-0.15, -0.1) is 0 Å². The minimum Gasteiger partial charge on any atom is -0.449 e. The summed E-state index contributed by atoms with van der Waals surface area (Å²) in [5.74, 6) is 0. The molecule has 9 heteroatoms. The van der Waals surface area contributed by atoms with E-state index in [1.165, 1.54) is 10.8 Å². The molecule has 0 spiro atoms. The summed E-state index contributed by atoms with van der Waals surface area (Å²) in [5.41, 5.74) is 1.15. The number of hydrogen-bond acceptors (Lipinski definition) is 6. The van der Waals surface area contributed by atoms with Gasteiger partial charge in [0, 0.05) is 10.8 Å². The summed E-state index contributed by atoms with van der Waals surface area (Å²) in [6.07, 6.45) is 1.93. The van der Waals surface area contributed by atoms with Crippen LogP contribution in [0.25, 0.3) is 0 Å². The molecule has 0 bridgehead atoms. The van der Waals surface area contributed by atoms with Gasteiger partial charge in [-0.25, -0.2) is 4.79 Å². The van der Waals surface area contributed by atoms with E-state index in [9.17, 15) is 9.59 Å². The Balaban J connectivity index is 2.63. The van der Waals surface area contributed by atoms with Crippen molar-refractivity contribution in [1.29, 1.82) is 0 Å². The van der Waals surface area contributed by atoms with Crippen molar-refractivity contribution in [3.8, 4) is 0 Å². The van der Waals surface area contributed by atoms with Crippen LogP contribution in [0.5, 0.6) is 0 Å². The van der Waals surface area contributed by atoms with Gasteiger partial charge in [-0.3, -0.25) is 10.1 Å². The molecule has 0 fully saturated rings. The highest BCUT2D eigenvalue weighted by Gasteiger charge is 2.10. The fourth-order valence-corrected chi connectivity index (χ4v) is 2.46. The van der Waals surface area contributed by atoms with Crippen molar-refractivity contribution in [2.75, 3.05) is 23.5 Å². The molecule has 1 rings (SSSR count). The zero-order valence-corrected chi connectivity index (χ0v) is 14.6. The Bertz CT molecular complexity index is 540. The summed E-state index contributed by atoms with van der Waals surface area (Å²) in [6, 6.07) is 7.05. The number of benzene rings is 1. The first-order valence-electron chi connectivity index (χ1n) is 6.42. The summed E-state index contributed by atoms with van der Waals surface area (Å²) >= 11 is 5.04. The van der Waals surface area contributed by atoms with E-state index in [-0.39, 0.29) is 10.4 Å². The molecule has 0 aromatic heterocycles. The number of para-hydroxylation sites is 2. The standard InChI is InChI=1S/C13H17N3O3S3/c1-3-8-19-12(17)16-11(20)14-9-6-4-5-7-10(9)15-13(18)22-21-2/h4-7H,3,8H2,1-2H3,(H,15,18)(H2,14,16,17,20). The Labute approximate surface area is 142 Å². The van der Waals surface area contributed by atoms with Crippen molar-refractivity contribution >= 4 is 61.6 Å². The second-order valence-corrected chi connectivity index (χ2v) is 6.70. The molecule has 0 saturated carbocycles. The maximum atomic E-state index is 11.6. The van der Waals surface area contributed by atoms with E-state index >= 15 is 0 Å². The number of ether oxygens (including phenoxy) is 1. The van der Waals surface area contributed by atoms with Crippen LogP contribution >= 0.6 is 33.8 Å². The lowest BCUT2D eigenvalue weighted by atomic mass is 10.2. The third kappa shape index (κ3) is 7.01. The molecule has 0 aliphatic heterocycles. The summed E-state index contributed by atoms with van der Waals surface area (Å²) in [6.45, 7) is 2.22. The number of amides is 2. The molecule has 22 heavy (non-hydrogen) atoms. The molecular weight excluding hydrogens is 342 g/mol. The van der Waals surface area contributed by atoms with Gasteiger partial charge in [-0.05, 0) is 37.0 Å². The molecule has 0 unspecified atom stereocenters. The number of carbonyl (C=O) groups excluding carboxylic acids is 2. The smallest absolute Gasteiger partial charge is 0.413 e. The second-order valence-electron chi connectivity index (χ2n) is 3.92. The lowest BCUT2D eigenvalue weighted by Crippen LogP contribution is -2.34. The molecule has 0 aliphatic rings. The number of rotatable bonds is 5. The van der Waals surface area contributed by atoms with Gasteiger partial charge < -0.3 is 15.4 Å². The van der Waals surface area contributed by atoms with Gasteiger partial charge in [-0.2, -0.15) is 0 Å². The van der Waals surface area contributed by atoms with Gasteiger partial charge in [0.1, 0.15) is 0 Å². The number of carbonyl (C=O) groups is 2. The first-order valence-corrected chi connectivity index (χ1v) is 9.38. The van der Waals surface area contributed by atoms with Crippen LogP contribution in [0.3, 0.4) is 0 Å². The topological polar surface area (TPSA) is 79.5 Å². The van der Waals surface area contributed by atoms with Crippen LogP contribution in [0.2, 0.25) is 0 Å². The summed E-state index contributed by atoms with van der Waals surface area (Å²) in [4.78, 5) is 23.0. The van der Waals surface area contributed by atoms with Crippen molar-refractivity contribution in [2.45, 2.75) is 13.3 Å². The Hall–Kier alpha value is -1.45. The molecule has 0 aliphatic carbocycles. The number of thiocarbonyl (C=S) groups is 1. The highest BCUT2D eigenvalue weighted by Crippen LogP contribution is 2.25. The van der Waals surface area contributed by atoms with Crippen LogP contribution in [0.15, 0.2) is 24.3 Å². The zero-order chi connectivity index (χ0) is 16.4. The molecule has 3 N–H and O–H groups in total. The van der Waals surface area contributed by atoms with Crippen molar-refractivity contribution in [2.24, 2.45) is 0 Å². The zero-order valence-electron chi connectivity index (χ0n) is 12.2. The number of alkyl carbamates (subject to hydrolysis) is 1. The summed E-state index contributed by atoms with van der Waals surface area (Å²) < 4.78 is 4.87. The molecule has 0 heterocycles. The van der Waals surface area contributed by atoms with E-state index in [4.69, 9.17) is 17.0 Å². The molecule has 1 aromatic rings. The van der Waals surface area contributed by atoms with Gasteiger partial charge in [0.2, 0.25) is 0 Å². The van der Waals surface area contributed by atoms with E-state index in [2.05, 4.69) is 16.0 Å². The Kier molecular flexibility index (Phi) is 8.71. The van der Waals surface area contributed by atoms with Gasteiger partial charge in [0.15, 0.2) is 5.11 Å². The molecule has 0 atom stereocenters. The monoisotopic (exact) mass is 359 g/mol. The van der Waals surface area contributed by atoms with E-state index in [0.717, 1.165) is 17.2 Å². The Morgan fingerprint density at radius 3 is 2.45 bits per heavy atom. The summed E-state index contributed by atoms with van der Waals surface area (Å²) in [7, 11) is 2.44. The highest BCUT2D eigenvalue weighted by molar-refractivity contribution is 8.82. The number of hydrogen-bond donors (Lipinski definition) is 3. The van der Waals surface area contributed by atoms with Crippen molar-refractivity contribution in [3.63, 3.8) is 0 Å². The van der Waals surface area contributed by atoms with Crippen LogP contribution in [-0.2, 0) is 4.74 Å². The van der Waals surface area contributed by atoms with Gasteiger partial charge in [0.25, 0.3) is 5.24 Å². The second kappa shape index (κ2) is 10.3. The minimum atomic E-state index is -0.612. The van der Waals surface area contributed by atoms with E-state index in [1.54, 1.807) is 24.3 Å². The third-order valence-electron chi connectivity index (χ3n) is 2.22. The molecule has 6 nitrogen and oxygen atoms in total. The van der Waals surface area contributed by atoms with E-state index < -0.39 is 6.09 Å². The third-order valence-corrected chi connectivity index (χ3v) is 3.80. The van der Waals surface area contributed by atoms with Gasteiger partial charge in [-0.1, -0.05) is 29.9 Å². The molecule has 1 aromatic carbocycles. The van der Waals surface area contributed by atoms with Crippen LogP contribution in [-0.4, -0.2) is 29.3 Å². The normalized spacial score (nSPS) is 9.73. The number of anilines is 2. The predicted octanol–water partition coefficient (Wildman–Crippen LogP) is 4.06. The predicted molar refractivity (Wildman–Crippen MR) is 97.6 cm³/mol. The van der Waals surface area contributed by atoms with Crippen molar-refractivity contribution in [3.05, 3.63) is 24.3 Å². The fourth-order valence-electron chi connectivity index (χ4n) is 1.38. The lowest BCUT2D eigenvalue weighted by Gasteiger charge is -2.13. The Morgan fingerprint density at radius 1 is 1.23 bits per heavy atom. The Morgan fingerprint density at radius 2 is 1.86 bits per heavy atom. The molecular formula is C13H17N3O3S3. The molecule has 0 radical (unpaired) electrons. The maximum absolute atomic E-state index is 11.6. The molecule has 0 saturated heterocycles.